The second kappa shape index (κ2) is 6.33. The summed E-state index contributed by atoms with van der Waals surface area (Å²) in [5.41, 5.74) is 0.511. The van der Waals surface area contributed by atoms with E-state index < -0.39 is 5.60 Å². The van der Waals surface area contributed by atoms with Crippen molar-refractivity contribution in [3.8, 4) is 0 Å². The summed E-state index contributed by atoms with van der Waals surface area (Å²) in [5.74, 6) is 0.503. The van der Waals surface area contributed by atoms with Crippen LogP contribution >= 0.6 is 22.9 Å². The molecular formula is C13H21ClN2OS. The maximum absolute atomic E-state index is 10.0. The minimum atomic E-state index is -0.471. The zero-order chi connectivity index (χ0) is 13.0. The van der Waals surface area contributed by atoms with Crippen molar-refractivity contribution >= 4 is 22.9 Å². The predicted molar refractivity (Wildman–Crippen MR) is 76.3 cm³/mol. The highest BCUT2D eigenvalue weighted by Gasteiger charge is 2.24. The molecular weight excluding hydrogens is 268 g/mol. The summed E-state index contributed by atoms with van der Waals surface area (Å²) in [6, 6.07) is 0. The van der Waals surface area contributed by atoms with Crippen LogP contribution in [0.1, 0.15) is 36.9 Å². The largest absolute Gasteiger partial charge is 0.390 e. The van der Waals surface area contributed by atoms with Crippen molar-refractivity contribution in [2.24, 2.45) is 0 Å². The topological polar surface area (TPSA) is 36.4 Å². The number of aromatic nitrogens is 1. The molecule has 0 bridgehead atoms. The molecule has 0 aliphatic carbocycles. The summed E-state index contributed by atoms with van der Waals surface area (Å²) in [5, 5.41) is 13.2. The van der Waals surface area contributed by atoms with E-state index >= 15 is 0 Å². The van der Waals surface area contributed by atoms with Gasteiger partial charge in [-0.25, -0.2) is 4.98 Å². The van der Waals surface area contributed by atoms with Crippen molar-refractivity contribution in [1.29, 1.82) is 0 Å². The van der Waals surface area contributed by atoms with Crippen LogP contribution in [0.4, 0.5) is 0 Å². The van der Waals surface area contributed by atoms with Gasteiger partial charge < -0.3 is 10.0 Å². The normalized spacial score (nSPS) is 26.2. The molecule has 1 aliphatic rings. The first-order chi connectivity index (χ1) is 8.59. The first-order valence-corrected chi connectivity index (χ1v) is 7.94. The molecule has 1 atom stereocenters. The van der Waals surface area contributed by atoms with Crippen LogP contribution in [0.2, 0.25) is 0 Å². The Balaban J connectivity index is 1.79. The van der Waals surface area contributed by atoms with E-state index in [9.17, 15) is 5.11 Å². The number of thiazole rings is 1. The minimum absolute atomic E-state index is 0.471. The van der Waals surface area contributed by atoms with Gasteiger partial charge in [-0.2, -0.15) is 0 Å². The summed E-state index contributed by atoms with van der Waals surface area (Å²) in [6.07, 6.45) is 3.86. The van der Waals surface area contributed by atoms with Crippen LogP contribution in [0.25, 0.3) is 0 Å². The minimum Gasteiger partial charge on any atom is -0.390 e. The van der Waals surface area contributed by atoms with Crippen molar-refractivity contribution in [3.05, 3.63) is 16.1 Å². The van der Waals surface area contributed by atoms with E-state index in [-0.39, 0.29) is 0 Å². The molecule has 102 valence electrons. The summed E-state index contributed by atoms with van der Waals surface area (Å²) >= 11 is 7.44. The van der Waals surface area contributed by atoms with Crippen molar-refractivity contribution in [2.75, 3.05) is 19.6 Å². The van der Waals surface area contributed by atoms with E-state index in [2.05, 4.69) is 9.88 Å². The van der Waals surface area contributed by atoms with Crippen molar-refractivity contribution in [3.63, 3.8) is 0 Å². The lowest BCUT2D eigenvalue weighted by Gasteiger charge is -2.22. The molecule has 2 rings (SSSR count). The number of aliphatic hydroxyl groups is 1. The maximum atomic E-state index is 10.0. The number of hydrogen-bond donors (Lipinski definition) is 1. The van der Waals surface area contributed by atoms with E-state index in [1.807, 2.05) is 12.3 Å². The first kappa shape index (κ1) is 14.3. The van der Waals surface area contributed by atoms with Gasteiger partial charge in [0, 0.05) is 24.9 Å². The second-order valence-electron chi connectivity index (χ2n) is 5.31. The van der Waals surface area contributed by atoms with E-state index in [1.54, 1.807) is 11.3 Å². The fraction of sp³-hybridized carbons (Fsp3) is 0.769. The highest BCUT2D eigenvalue weighted by atomic mass is 35.5. The fourth-order valence-corrected chi connectivity index (χ4v) is 3.34. The third-order valence-electron chi connectivity index (χ3n) is 3.53. The number of rotatable bonds is 4. The number of nitrogens with zero attached hydrogens (tertiary/aromatic N) is 2. The molecule has 0 aromatic carbocycles. The molecule has 1 aliphatic heterocycles. The molecule has 5 heteroatoms. The van der Waals surface area contributed by atoms with Crippen LogP contribution in [0.5, 0.6) is 0 Å². The Morgan fingerprint density at radius 3 is 3.06 bits per heavy atom. The average Bonchev–Trinajstić information content (AvgIpc) is 2.72. The van der Waals surface area contributed by atoms with Crippen LogP contribution in [0.15, 0.2) is 5.38 Å². The van der Waals surface area contributed by atoms with Crippen molar-refractivity contribution < 1.29 is 5.11 Å². The average molecular weight is 289 g/mol. The van der Waals surface area contributed by atoms with E-state index in [0.29, 0.717) is 5.88 Å². The van der Waals surface area contributed by atoms with E-state index in [4.69, 9.17) is 11.6 Å². The van der Waals surface area contributed by atoms with Crippen LogP contribution in [0.3, 0.4) is 0 Å². The Labute approximate surface area is 118 Å². The van der Waals surface area contributed by atoms with Gasteiger partial charge in [0.05, 0.1) is 22.2 Å². The smallest absolute Gasteiger partial charge is 0.0941 e. The van der Waals surface area contributed by atoms with Gasteiger partial charge in [0.2, 0.25) is 0 Å². The molecule has 3 nitrogen and oxygen atoms in total. The summed E-state index contributed by atoms with van der Waals surface area (Å²) in [7, 11) is 0. The number of likely N-dealkylation sites (tertiary alicyclic amines) is 1. The number of halogens is 1. The van der Waals surface area contributed by atoms with Gasteiger partial charge in [-0.3, -0.25) is 0 Å². The van der Waals surface area contributed by atoms with Gasteiger partial charge in [0.1, 0.15) is 0 Å². The second-order valence-corrected chi connectivity index (χ2v) is 6.52. The highest BCUT2D eigenvalue weighted by molar-refractivity contribution is 7.09. The standard InChI is InChI=1S/C13H21ClN2OS/c1-13(17)4-2-6-16(8-5-13)7-3-12-15-11(9-14)10-18-12/h10,17H,2-9H2,1H3. The summed E-state index contributed by atoms with van der Waals surface area (Å²) in [6.45, 7) is 5.06. The number of alkyl halides is 1. The Morgan fingerprint density at radius 2 is 2.33 bits per heavy atom. The molecule has 2 heterocycles. The summed E-state index contributed by atoms with van der Waals surface area (Å²) in [4.78, 5) is 6.91. The fourth-order valence-electron chi connectivity index (χ4n) is 2.32. The van der Waals surface area contributed by atoms with Gasteiger partial charge in [0.25, 0.3) is 0 Å². The maximum Gasteiger partial charge on any atom is 0.0941 e. The SMILES string of the molecule is CC1(O)CCCN(CCc2nc(CCl)cs2)CC1. The molecule has 1 unspecified atom stereocenters. The zero-order valence-electron chi connectivity index (χ0n) is 10.9. The predicted octanol–water partition coefficient (Wildman–Crippen LogP) is 2.66. The Kier molecular flexibility index (Phi) is 5.01. The molecule has 18 heavy (non-hydrogen) atoms. The molecule has 1 fully saturated rings. The monoisotopic (exact) mass is 288 g/mol. The lowest BCUT2D eigenvalue weighted by atomic mass is 9.98. The quantitative estimate of drug-likeness (QED) is 0.866. The van der Waals surface area contributed by atoms with Gasteiger partial charge >= 0.3 is 0 Å². The Bertz CT molecular complexity index is 381. The third-order valence-corrected chi connectivity index (χ3v) is 4.77. The van der Waals surface area contributed by atoms with Gasteiger partial charge in [-0.15, -0.1) is 22.9 Å². The van der Waals surface area contributed by atoms with E-state index in [1.165, 1.54) is 5.01 Å². The van der Waals surface area contributed by atoms with Crippen LogP contribution in [-0.4, -0.2) is 40.2 Å². The van der Waals surface area contributed by atoms with Gasteiger partial charge in [0.15, 0.2) is 0 Å². The number of hydrogen-bond acceptors (Lipinski definition) is 4. The van der Waals surface area contributed by atoms with Gasteiger partial charge in [-0.05, 0) is 32.7 Å². The van der Waals surface area contributed by atoms with Crippen LogP contribution < -0.4 is 0 Å². The molecule has 1 saturated heterocycles. The molecule has 0 radical (unpaired) electrons. The van der Waals surface area contributed by atoms with Crippen molar-refractivity contribution in [1.82, 2.24) is 9.88 Å². The first-order valence-electron chi connectivity index (χ1n) is 6.53. The van der Waals surface area contributed by atoms with E-state index in [0.717, 1.165) is 51.0 Å². The third kappa shape index (κ3) is 4.19. The highest BCUT2D eigenvalue weighted by Crippen LogP contribution is 2.21. The zero-order valence-corrected chi connectivity index (χ0v) is 12.4. The molecule has 0 saturated carbocycles. The molecule has 0 spiro atoms. The molecule has 1 aromatic rings. The Hall–Kier alpha value is -0.160. The summed E-state index contributed by atoms with van der Waals surface area (Å²) < 4.78 is 0. The van der Waals surface area contributed by atoms with Crippen molar-refractivity contribution in [2.45, 2.75) is 44.1 Å². The lowest BCUT2D eigenvalue weighted by Crippen LogP contribution is -2.29. The van der Waals surface area contributed by atoms with Crippen LogP contribution in [0, 0.1) is 0 Å². The lowest BCUT2D eigenvalue weighted by molar-refractivity contribution is 0.0447. The Morgan fingerprint density at radius 1 is 1.50 bits per heavy atom. The van der Waals surface area contributed by atoms with Crippen LogP contribution in [-0.2, 0) is 12.3 Å². The molecule has 0 amide bonds. The molecule has 1 N–H and O–H groups in total. The van der Waals surface area contributed by atoms with Gasteiger partial charge in [-0.1, -0.05) is 0 Å². The molecule has 1 aromatic heterocycles.